The Morgan fingerprint density at radius 2 is 0.661 bits per heavy atom. The molecular weight excluding hydrogens is 1530 g/mol. The van der Waals surface area contributed by atoms with Crippen molar-refractivity contribution in [2.24, 2.45) is 23.7 Å². The molecule has 0 saturated heterocycles. The summed E-state index contributed by atoms with van der Waals surface area (Å²) in [7, 11) is 0. The molecule has 10 aromatic carbocycles. The summed E-state index contributed by atoms with van der Waals surface area (Å²) in [6.07, 6.45) is 22.8. The first-order chi connectivity index (χ1) is 57.8. The van der Waals surface area contributed by atoms with E-state index in [-0.39, 0.29) is 34.5 Å². The Kier molecular flexibility index (Phi) is 22.0. The number of aromatic nitrogens is 4. The molecule has 4 atom stereocenters. The van der Waals surface area contributed by atoms with Crippen molar-refractivity contribution in [2.75, 3.05) is 9.80 Å². The zero-order chi connectivity index (χ0) is 81.1. The summed E-state index contributed by atoms with van der Waals surface area (Å²) in [5.74, 6) is 14.8. The van der Waals surface area contributed by atoms with Crippen LogP contribution >= 0.6 is 46.1 Å². The minimum absolute atomic E-state index is 0.252. The predicted molar refractivity (Wildman–Crippen MR) is 492 cm³/mol. The van der Waals surface area contributed by atoms with E-state index in [0.29, 0.717) is 68.1 Å². The van der Waals surface area contributed by atoms with Crippen LogP contribution in [0.15, 0.2) is 182 Å². The van der Waals surface area contributed by atoms with Gasteiger partial charge in [-0.3, -0.25) is 19.2 Å². The van der Waals surface area contributed by atoms with Crippen molar-refractivity contribution < 1.29 is 19.2 Å². The Labute approximate surface area is 709 Å². The summed E-state index contributed by atoms with van der Waals surface area (Å²) in [4.78, 5) is 67.3. The second-order valence-corrected chi connectivity index (χ2v) is 36.8. The molecule has 4 aromatic heterocycles. The third-order valence-corrected chi connectivity index (χ3v) is 29.9. The lowest BCUT2D eigenvalue weighted by Gasteiger charge is -2.39. The molecule has 0 fully saturated rings. The van der Waals surface area contributed by atoms with Crippen molar-refractivity contribution in [2.45, 2.75) is 195 Å². The predicted octanol–water partition coefficient (Wildman–Crippen LogP) is 28.0. The molecule has 592 valence electrons. The van der Waals surface area contributed by atoms with Crippen LogP contribution in [0.2, 0.25) is 0 Å². The van der Waals surface area contributed by atoms with Gasteiger partial charge in [0, 0.05) is 86.6 Å². The summed E-state index contributed by atoms with van der Waals surface area (Å²) in [6, 6.07) is 62.5. The van der Waals surface area contributed by atoms with Crippen LogP contribution in [0.3, 0.4) is 0 Å². The minimum atomic E-state index is -0.325. The van der Waals surface area contributed by atoms with Gasteiger partial charge in [-0.25, -0.2) is 9.80 Å². The molecule has 0 spiro atoms. The van der Waals surface area contributed by atoms with E-state index in [1.807, 2.05) is 84.9 Å². The first-order valence-electron chi connectivity index (χ1n) is 43.2. The average molecular weight is 1620 g/mol. The SMILES string of the molecule is CCCCC(CC)CC1(CC(CC)CCCC)c2ccccc2-c2ccc(N3C(=O)c4cccc5c(C#Cc6ccc(-c7cc8c(cc(-c9ccc(C#Cc%10ccc%11c%12c(cccc%10%12)C(=O)N(c%10ccc%12c(c%10)C(CC(CC)CCCC)(CC(CC)CCCC)c%10ccccc%10-%12)C%11=O)s9)c9nsnc98)c8nsnc78)s6)ccc(c45)C3=O)cc21. The number of amides is 4. The van der Waals surface area contributed by atoms with Gasteiger partial charge in [-0.2, -0.15) is 17.5 Å². The molecule has 14 heteroatoms. The molecule has 4 amide bonds. The highest BCUT2D eigenvalue weighted by molar-refractivity contribution is 7.16. The van der Waals surface area contributed by atoms with Gasteiger partial charge in [-0.1, -0.05) is 267 Å². The van der Waals surface area contributed by atoms with Gasteiger partial charge in [-0.05, 0) is 202 Å². The lowest BCUT2D eigenvalue weighted by atomic mass is 9.65. The van der Waals surface area contributed by atoms with E-state index in [2.05, 4.69) is 176 Å². The van der Waals surface area contributed by atoms with Crippen molar-refractivity contribution in [3.63, 3.8) is 0 Å². The number of fused-ring (bicyclic) bond motifs is 11. The number of carbonyl (C=O) groups is 4. The molecule has 2 aliphatic carbocycles. The van der Waals surface area contributed by atoms with Gasteiger partial charge in [0.15, 0.2) is 0 Å². The number of imide groups is 2. The zero-order valence-corrected chi connectivity index (χ0v) is 72.0. The summed E-state index contributed by atoms with van der Waals surface area (Å²) in [5.41, 5.74) is 19.4. The third-order valence-electron chi connectivity index (χ3n) is 26.8. The molecule has 0 saturated carbocycles. The van der Waals surface area contributed by atoms with Crippen LogP contribution in [0.4, 0.5) is 11.4 Å². The molecule has 0 radical (unpaired) electrons. The second-order valence-electron chi connectivity index (χ2n) is 33.6. The summed E-state index contributed by atoms with van der Waals surface area (Å²) < 4.78 is 19.8. The zero-order valence-electron chi connectivity index (χ0n) is 68.7. The van der Waals surface area contributed by atoms with Crippen LogP contribution < -0.4 is 9.80 Å². The molecule has 0 bridgehead atoms. The van der Waals surface area contributed by atoms with Crippen molar-refractivity contribution >= 4 is 136 Å². The van der Waals surface area contributed by atoms with E-state index in [0.717, 1.165) is 137 Å². The highest BCUT2D eigenvalue weighted by atomic mass is 32.1. The molecule has 4 unspecified atom stereocenters. The largest absolute Gasteiger partial charge is 0.268 e. The Hall–Kier alpha value is -10.6. The first-order valence-corrected chi connectivity index (χ1v) is 46.3. The van der Waals surface area contributed by atoms with E-state index in [9.17, 15) is 0 Å². The highest BCUT2D eigenvalue weighted by Crippen LogP contribution is 2.60. The fourth-order valence-corrected chi connectivity index (χ4v) is 23.5. The third kappa shape index (κ3) is 13.5. The van der Waals surface area contributed by atoms with Crippen LogP contribution in [-0.2, 0) is 10.8 Å². The van der Waals surface area contributed by atoms with Crippen LogP contribution in [-0.4, -0.2) is 41.1 Å². The summed E-state index contributed by atoms with van der Waals surface area (Å²) >= 11 is 5.51. The van der Waals surface area contributed by atoms with Gasteiger partial charge >= 0.3 is 0 Å². The molecule has 14 aromatic rings. The molecular formula is C104H98N6O4S4. The van der Waals surface area contributed by atoms with Gasteiger partial charge in [0.05, 0.1) is 44.6 Å². The van der Waals surface area contributed by atoms with Crippen molar-refractivity contribution in [1.82, 2.24) is 17.5 Å². The molecule has 4 aliphatic rings. The molecule has 6 heterocycles. The van der Waals surface area contributed by atoms with Crippen LogP contribution in [0.25, 0.3) is 97.5 Å². The lowest BCUT2D eigenvalue weighted by Crippen LogP contribution is -2.40. The topological polar surface area (TPSA) is 126 Å². The quantitative estimate of drug-likeness (QED) is 0.0351. The van der Waals surface area contributed by atoms with Gasteiger partial charge < -0.3 is 0 Å². The van der Waals surface area contributed by atoms with Crippen LogP contribution in [0.1, 0.15) is 268 Å². The Morgan fingerprint density at radius 3 is 1.03 bits per heavy atom. The van der Waals surface area contributed by atoms with E-state index < -0.39 is 0 Å². The summed E-state index contributed by atoms with van der Waals surface area (Å²) in [5, 5.41) is 4.65. The normalized spacial score (nSPS) is 16.8. The monoisotopic (exact) mass is 1620 g/mol. The van der Waals surface area contributed by atoms with E-state index >= 15 is 19.2 Å². The van der Waals surface area contributed by atoms with Gasteiger partial charge in [0.1, 0.15) is 22.1 Å². The maximum atomic E-state index is 15.2. The maximum absolute atomic E-state index is 15.2. The minimum Gasteiger partial charge on any atom is -0.268 e. The molecule has 2 aliphatic heterocycles. The van der Waals surface area contributed by atoms with Crippen LogP contribution in [0, 0.1) is 47.4 Å². The molecule has 118 heavy (non-hydrogen) atoms. The van der Waals surface area contributed by atoms with E-state index in [1.54, 1.807) is 22.7 Å². The van der Waals surface area contributed by atoms with Gasteiger partial charge in [0.25, 0.3) is 23.6 Å². The summed E-state index contributed by atoms with van der Waals surface area (Å²) in [6.45, 7) is 18.5. The number of unbranched alkanes of at least 4 members (excludes halogenated alkanes) is 4. The fraction of sp³-hybridized carbons (Fsp3) is 0.327. The number of benzene rings is 10. The number of nitrogens with zero attached hydrogens (tertiary/aromatic N) is 6. The lowest BCUT2D eigenvalue weighted by molar-refractivity contribution is 0.0877. The number of anilines is 2. The number of carbonyl (C=O) groups excluding carboxylic acids is 4. The standard InChI is InChI=1S/C104H98N6O4S4/c1-9-17-27-63(13-5)59-103(60-64(14-6)28-18-10-2)87-37-23-21-31-75(87)77-51-43-69(55-89(77)103)109-99(111)79-35-25-33-73-67(41-49-81(93(73)79)101(109)113)39-45-71-47-53-91(115-71)85-57-83-84(95-97(85)107-117-105-95)58-86(98-96(83)106-118-108-98)92-54-48-72(116-92)46-40-68-42-50-82-94-74(68)34-26-36-80(94)100(112)110(102(82)114)70-44-52-78-76-32-22-24-38-88(76)104(90(78)56-70,61-65(15-7)29-19-11-3)62-66(16-8)30-20-12-4/h21-26,31-38,41-44,47-58,63-66H,9-20,27-30,59-62H2,1-8H3. The van der Waals surface area contributed by atoms with Gasteiger partial charge in [-0.15, -0.1) is 22.7 Å². The second kappa shape index (κ2) is 33.0. The number of hydrogen-bond acceptors (Lipinski definition) is 12. The Balaban J connectivity index is 0.610. The average Bonchev–Trinajstić information content (AvgIpc) is 1.60. The number of rotatable bonds is 28. The van der Waals surface area contributed by atoms with Crippen molar-refractivity contribution in [3.05, 3.63) is 247 Å². The molecule has 18 rings (SSSR count). The fourth-order valence-electron chi connectivity index (χ4n) is 20.6. The van der Waals surface area contributed by atoms with E-state index in [4.69, 9.17) is 17.5 Å². The first kappa shape index (κ1) is 78.6. The van der Waals surface area contributed by atoms with Crippen molar-refractivity contribution in [1.29, 1.82) is 0 Å². The molecule has 10 nitrogen and oxygen atoms in total. The smallest absolute Gasteiger partial charge is 0.265 e. The Morgan fingerprint density at radius 1 is 0.322 bits per heavy atom. The highest BCUT2D eigenvalue weighted by Gasteiger charge is 2.49. The molecule has 0 N–H and O–H groups in total. The van der Waals surface area contributed by atoms with Crippen LogP contribution in [0.5, 0.6) is 0 Å². The maximum Gasteiger partial charge on any atom is 0.265 e. The van der Waals surface area contributed by atoms with E-state index in [1.165, 1.54) is 155 Å². The number of thiophene rings is 2. The van der Waals surface area contributed by atoms with Gasteiger partial charge in [0.2, 0.25) is 0 Å². The van der Waals surface area contributed by atoms with Crippen molar-refractivity contribution in [3.8, 4) is 66.8 Å². The Bertz CT molecular complexity index is 6020. The number of hydrogen-bond donors (Lipinski definition) is 0.